The highest BCUT2D eigenvalue weighted by Gasteiger charge is 2.51. The molecule has 1 nitrogen and oxygen atoms in total. The van der Waals surface area contributed by atoms with Gasteiger partial charge in [0.2, 0.25) is 0 Å². The van der Waals surface area contributed by atoms with E-state index in [0.717, 1.165) is 17.5 Å². The lowest BCUT2D eigenvalue weighted by Crippen LogP contribution is -2.16. The molecule has 0 radical (unpaired) electrons. The second-order valence-corrected chi connectivity index (χ2v) is 4.76. The molecule has 0 unspecified atom stereocenters. The summed E-state index contributed by atoms with van der Waals surface area (Å²) in [5.74, 6) is 0.743. The highest BCUT2D eigenvalue weighted by atomic mass is 35.5. The fourth-order valence-electron chi connectivity index (χ4n) is 2.25. The summed E-state index contributed by atoms with van der Waals surface area (Å²) in [6.07, 6.45) is 1.25. The van der Waals surface area contributed by atoms with Crippen LogP contribution in [0.15, 0.2) is 24.3 Å². The Morgan fingerprint density at radius 1 is 1.50 bits per heavy atom. The second-order valence-electron chi connectivity index (χ2n) is 4.36. The van der Waals surface area contributed by atoms with E-state index in [1.54, 1.807) is 0 Å². The zero-order valence-corrected chi connectivity index (χ0v) is 9.43. The Bertz CT molecular complexity index is 337. The van der Waals surface area contributed by atoms with E-state index in [-0.39, 0.29) is 0 Å². The first-order chi connectivity index (χ1) is 6.68. The van der Waals surface area contributed by atoms with Gasteiger partial charge in [-0.15, -0.1) is 0 Å². The number of halogens is 1. The molecule has 0 saturated heterocycles. The van der Waals surface area contributed by atoms with Crippen LogP contribution in [0.25, 0.3) is 0 Å². The molecule has 1 aromatic rings. The molecule has 0 heterocycles. The van der Waals surface area contributed by atoms with Gasteiger partial charge < -0.3 is 5.32 Å². The molecule has 1 N–H and O–H groups in total. The standard InChI is InChI=1S/C12H16ClN/c1-12(7-9(12)8-14-2)10-5-3-4-6-11(10)13/h3-6,9,14H,7-8H2,1-2H3/t9-,12+/m1/s1. The summed E-state index contributed by atoms with van der Waals surface area (Å²) in [5.41, 5.74) is 1.61. The lowest BCUT2D eigenvalue weighted by Gasteiger charge is -2.13. The van der Waals surface area contributed by atoms with Gasteiger partial charge in [0.25, 0.3) is 0 Å². The molecule has 1 fully saturated rings. The molecule has 2 heteroatoms. The number of rotatable bonds is 3. The Kier molecular flexibility index (Phi) is 2.54. The first-order valence-electron chi connectivity index (χ1n) is 5.08. The molecular formula is C12H16ClN. The van der Waals surface area contributed by atoms with Crippen LogP contribution in [0.1, 0.15) is 18.9 Å². The van der Waals surface area contributed by atoms with Crippen molar-refractivity contribution < 1.29 is 0 Å². The third-order valence-electron chi connectivity index (χ3n) is 3.35. The Balaban J connectivity index is 2.21. The fourth-order valence-corrected chi connectivity index (χ4v) is 2.60. The van der Waals surface area contributed by atoms with Crippen LogP contribution < -0.4 is 5.32 Å². The quantitative estimate of drug-likeness (QED) is 0.808. The zero-order chi connectivity index (χ0) is 10.2. The molecule has 0 aromatic heterocycles. The minimum Gasteiger partial charge on any atom is -0.319 e. The number of hydrogen-bond acceptors (Lipinski definition) is 1. The van der Waals surface area contributed by atoms with E-state index >= 15 is 0 Å². The summed E-state index contributed by atoms with van der Waals surface area (Å²) in [4.78, 5) is 0. The van der Waals surface area contributed by atoms with E-state index in [4.69, 9.17) is 11.6 Å². The van der Waals surface area contributed by atoms with Gasteiger partial charge in [0.15, 0.2) is 0 Å². The van der Waals surface area contributed by atoms with Gasteiger partial charge in [0.05, 0.1) is 0 Å². The summed E-state index contributed by atoms with van der Waals surface area (Å²) in [6, 6.07) is 8.20. The van der Waals surface area contributed by atoms with Crippen LogP contribution in [-0.4, -0.2) is 13.6 Å². The maximum atomic E-state index is 6.19. The summed E-state index contributed by atoms with van der Waals surface area (Å²) < 4.78 is 0. The van der Waals surface area contributed by atoms with E-state index in [9.17, 15) is 0 Å². The van der Waals surface area contributed by atoms with E-state index in [1.807, 2.05) is 19.2 Å². The van der Waals surface area contributed by atoms with Crippen molar-refractivity contribution >= 4 is 11.6 Å². The maximum absolute atomic E-state index is 6.19. The molecule has 76 valence electrons. The molecule has 1 aromatic carbocycles. The van der Waals surface area contributed by atoms with Gasteiger partial charge in [-0.1, -0.05) is 36.7 Å². The van der Waals surface area contributed by atoms with E-state index in [0.29, 0.717) is 5.41 Å². The van der Waals surface area contributed by atoms with Crippen molar-refractivity contribution in [2.75, 3.05) is 13.6 Å². The molecule has 2 rings (SSSR count). The highest BCUT2D eigenvalue weighted by Crippen LogP contribution is 2.55. The number of nitrogens with one attached hydrogen (secondary N) is 1. The van der Waals surface area contributed by atoms with Crippen molar-refractivity contribution in [2.24, 2.45) is 5.92 Å². The van der Waals surface area contributed by atoms with Crippen molar-refractivity contribution in [3.8, 4) is 0 Å². The zero-order valence-electron chi connectivity index (χ0n) is 8.68. The van der Waals surface area contributed by atoms with Gasteiger partial charge in [-0.25, -0.2) is 0 Å². The average molecular weight is 210 g/mol. The normalized spacial score (nSPS) is 30.4. The van der Waals surface area contributed by atoms with Crippen LogP contribution in [0.5, 0.6) is 0 Å². The van der Waals surface area contributed by atoms with Crippen molar-refractivity contribution in [3.05, 3.63) is 34.9 Å². The monoisotopic (exact) mass is 209 g/mol. The van der Waals surface area contributed by atoms with Gasteiger partial charge in [-0.05, 0) is 43.0 Å². The lowest BCUT2D eigenvalue weighted by molar-refractivity contribution is 0.617. The fraction of sp³-hybridized carbons (Fsp3) is 0.500. The van der Waals surface area contributed by atoms with Crippen molar-refractivity contribution in [1.29, 1.82) is 0 Å². The van der Waals surface area contributed by atoms with Crippen molar-refractivity contribution in [2.45, 2.75) is 18.8 Å². The highest BCUT2D eigenvalue weighted by molar-refractivity contribution is 6.31. The van der Waals surface area contributed by atoms with E-state index < -0.39 is 0 Å². The summed E-state index contributed by atoms with van der Waals surface area (Å²) >= 11 is 6.19. The van der Waals surface area contributed by atoms with Gasteiger partial charge >= 0.3 is 0 Å². The molecule has 1 saturated carbocycles. The van der Waals surface area contributed by atoms with Gasteiger partial charge in [0.1, 0.15) is 0 Å². The number of benzene rings is 1. The Morgan fingerprint density at radius 3 is 2.86 bits per heavy atom. The molecule has 14 heavy (non-hydrogen) atoms. The van der Waals surface area contributed by atoms with Crippen molar-refractivity contribution in [3.63, 3.8) is 0 Å². The van der Waals surface area contributed by atoms with Crippen LogP contribution in [0.3, 0.4) is 0 Å². The predicted molar refractivity (Wildman–Crippen MR) is 60.8 cm³/mol. The molecule has 0 aliphatic heterocycles. The van der Waals surface area contributed by atoms with Crippen molar-refractivity contribution in [1.82, 2.24) is 5.32 Å². The van der Waals surface area contributed by atoms with Crippen LogP contribution in [0.2, 0.25) is 5.02 Å². The first kappa shape index (κ1) is 10.0. The minimum atomic E-state index is 0.307. The third kappa shape index (κ3) is 1.55. The summed E-state index contributed by atoms with van der Waals surface area (Å²) in [6.45, 7) is 3.39. The molecule has 2 atom stereocenters. The summed E-state index contributed by atoms with van der Waals surface area (Å²) in [5, 5.41) is 4.14. The third-order valence-corrected chi connectivity index (χ3v) is 3.68. The molecule has 1 aliphatic carbocycles. The minimum absolute atomic E-state index is 0.307. The van der Waals surface area contributed by atoms with Crippen LogP contribution in [0.4, 0.5) is 0 Å². The SMILES string of the molecule is CNC[C@H]1C[C@]1(C)c1ccccc1Cl. The molecule has 0 bridgehead atoms. The second kappa shape index (κ2) is 3.56. The van der Waals surface area contributed by atoms with Gasteiger partial charge in [-0.2, -0.15) is 0 Å². The van der Waals surface area contributed by atoms with Gasteiger partial charge in [-0.3, -0.25) is 0 Å². The van der Waals surface area contributed by atoms with E-state index in [1.165, 1.54) is 12.0 Å². The topological polar surface area (TPSA) is 12.0 Å². The number of hydrogen-bond donors (Lipinski definition) is 1. The lowest BCUT2D eigenvalue weighted by atomic mass is 9.95. The largest absolute Gasteiger partial charge is 0.319 e. The summed E-state index contributed by atoms with van der Waals surface area (Å²) in [7, 11) is 2.01. The Morgan fingerprint density at radius 2 is 2.21 bits per heavy atom. The molecular weight excluding hydrogens is 194 g/mol. The Labute approximate surface area is 90.5 Å². The van der Waals surface area contributed by atoms with Crippen LogP contribution in [0, 0.1) is 5.92 Å². The molecule has 0 amide bonds. The molecule has 1 aliphatic rings. The molecule has 0 spiro atoms. The Hall–Kier alpha value is -0.530. The maximum Gasteiger partial charge on any atom is 0.0443 e. The van der Waals surface area contributed by atoms with Gasteiger partial charge in [0, 0.05) is 5.02 Å². The van der Waals surface area contributed by atoms with E-state index in [2.05, 4.69) is 24.4 Å². The van der Waals surface area contributed by atoms with Crippen LogP contribution in [-0.2, 0) is 5.41 Å². The first-order valence-corrected chi connectivity index (χ1v) is 5.46. The predicted octanol–water partition coefficient (Wildman–Crippen LogP) is 2.84. The average Bonchev–Trinajstić information content (AvgIpc) is 2.79. The van der Waals surface area contributed by atoms with Crippen LogP contribution >= 0.6 is 11.6 Å². The smallest absolute Gasteiger partial charge is 0.0443 e.